The summed E-state index contributed by atoms with van der Waals surface area (Å²) in [4.78, 5) is 39.9. The van der Waals surface area contributed by atoms with Crippen LogP contribution in [0.25, 0.3) is 6.08 Å². The summed E-state index contributed by atoms with van der Waals surface area (Å²) in [5.41, 5.74) is 2.45. The van der Waals surface area contributed by atoms with Crippen LogP contribution in [0.15, 0.2) is 99.4 Å². The molecule has 0 atom stereocenters. The first-order chi connectivity index (χ1) is 21.2. The van der Waals surface area contributed by atoms with Crippen LogP contribution >= 0.6 is 43.5 Å². The van der Waals surface area contributed by atoms with Crippen molar-refractivity contribution in [2.45, 2.75) is 20.1 Å². The number of nitrogens with zero attached hydrogens (tertiary/aromatic N) is 1. The van der Waals surface area contributed by atoms with Gasteiger partial charge in [0.05, 0.1) is 16.8 Å². The molecule has 0 saturated carbocycles. The molecule has 4 aromatic rings. The van der Waals surface area contributed by atoms with Gasteiger partial charge in [0.2, 0.25) is 0 Å². The molecule has 1 N–H and O–H groups in total. The highest BCUT2D eigenvalue weighted by Gasteiger charge is 2.37. The number of rotatable bonds is 10. The summed E-state index contributed by atoms with van der Waals surface area (Å²) < 4.78 is 19.2. The Hall–Kier alpha value is -4.12. The van der Waals surface area contributed by atoms with Crippen molar-refractivity contribution in [3.63, 3.8) is 0 Å². The zero-order chi connectivity index (χ0) is 31.2. The topological polar surface area (TPSA) is 94.2 Å². The molecule has 0 unspecified atom stereocenters. The summed E-state index contributed by atoms with van der Waals surface area (Å²) in [6, 6.07) is 24.0. The standard InChI is InChI=1S/C33H25Br2ClN2O6/c1-2-42-29-17-22(16-28(35)30(29)44-19-20-3-7-23(34)8-4-20)15-27-31(39)37-33(41)38(32(27)40)25-11-13-26(14-12-25)43-18-21-5-9-24(36)10-6-21/h3-17H,2,18-19H2,1H3,(H,37,39,41)/b27-15+. The number of hydrogen-bond donors (Lipinski definition) is 1. The number of imide groups is 2. The lowest BCUT2D eigenvalue weighted by molar-refractivity contribution is -0.122. The molecule has 44 heavy (non-hydrogen) atoms. The van der Waals surface area contributed by atoms with Gasteiger partial charge in [0.15, 0.2) is 11.5 Å². The van der Waals surface area contributed by atoms with Crippen LogP contribution in [0.3, 0.4) is 0 Å². The fraction of sp³-hybridized carbons (Fsp3) is 0.121. The number of halogens is 3. The lowest BCUT2D eigenvalue weighted by atomic mass is 10.1. The van der Waals surface area contributed by atoms with Crippen LogP contribution in [-0.2, 0) is 22.8 Å². The molecule has 4 amide bonds. The van der Waals surface area contributed by atoms with Crippen molar-refractivity contribution in [3.8, 4) is 17.2 Å². The molecular weight excluding hydrogens is 716 g/mol. The Kier molecular flexibility index (Phi) is 10.0. The third kappa shape index (κ3) is 7.50. The van der Waals surface area contributed by atoms with Crippen molar-refractivity contribution >= 4 is 73.1 Å². The van der Waals surface area contributed by atoms with Gasteiger partial charge in [-0.25, -0.2) is 9.69 Å². The minimum absolute atomic E-state index is 0.217. The Bertz CT molecular complexity index is 1730. The smallest absolute Gasteiger partial charge is 0.335 e. The summed E-state index contributed by atoms with van der Waals surface area (Å²) in [5, 5.41) is 2.88. The van der Waals surface area contributed by atoms with Crippen LogP contribution in [-0.4, -0.2) is 24.5 Å². The van der Waals surface area contributed by atoms with E-state index in [2.05, 4.69) is 37.2 Å². The van der Waals surface area contributed by atoms with E-state index >= 15 is 0 Å². The number of urea groups is 1. The first-order valence-corrected chi connectivity index (χ1v) is 15.4. The van der Waals surface area contributed by atoms with E-state index in [9.17, 15) is 14.4 Å². The van der Waals surface area contributed by atoms with Crippen molar-refractivity contribution in [2.24, 2.45) is 0 Å². The molecule has 1 saturated heterocycles. The van der Waals surface area contributed by atoms with Crippen molar-refractivity contribution in [1.82, 2.24) is 5.32 Å². The Morgan fingerprint density at radius 2 is 1.45 bits per heavy atom. The number of carbonyl (C=O) groups is 3. The molecule has 5 rings (SSSR count). The van der Waals surface area contributed by atoms with Gasteiger partial charge in [0.25, 0.3) is 11.8 Å². The first kappa shape index (κ1) is 31.3. The third-order valence-corrected chi connectivity index (χ3v) is 7.82. The maximum atomic E-state index is 13.5. The maximum Gasteiger partial charge on any atom is 0.335 e. The second-order valence-electron chi connectivity index (χ2n) is 9.55. The second kappa shape index (κ2) is 14.1. The average Bonchev–Trinajstić information content (AvgIpc) is 3.00. The highest BCUT2D eigenvalue weighted by molar-refractivity contribution is 9.10. The molecule has 224 valence electrons. The van der Waals surface area contributed by atoms with Gasteiger partial charge in [0.1, 0.15) is 24.5 Å². The normalized spacial score (nSPS) is 14.0. The molecule has 4 aromatic carbocycles. The van der Waals surface area contributed by atoms with E-state index in [1.165, 1.54) is 6.08 Å². The van der Waals surface area contributed by atoms with Crippen molar-refractivity contribution in [2.75, 3.05) is 11.5 Å². The van der Waals surface area contributed by atoms with Crippen molar-refractivity contribution in [3.05, 3.63) is 121 Å². The van der Waals surface area contributed by atoms with Gasteiger partial charge >= 0.3 is 6.03 Å². The summed E-state index contributed by atoms with van der Waals surface area (Å²) in [7, 11) is 0. The molecule has 0 spiro atoms. The van der Waals surface area contributed by atoms with Gasteiger partial charge in [-0.15, -0.1) is 0 Å². The van der Waals surface area contributed by atoms with E-state index in [0.29, 0.717) is 52.1 Å². The zero-order valence-electron chi connectivity index (χ0n) is 23.3. The van der Waals surface area contributed by atoms with Gasteiger partial charge in [-0.1, -0.05) is 51.8 Å². The van der Waals surface area contributed by atoms with E-state index in [4.69, 9.17) is 25.8 Å². The Labute approximate surface area is 275 Å². The van der Waals surface area contributed by atoms with Crippen LogP contribution in [0, 0.1) is 0 Å². The predicted molar refractivity (Wildman–Crippen MR) is 175 cm³/mol. The zero-order valence-corrected chi connectivity index (χ0v) is 27.2. The van der Waals surface area contributed by atoms with Crippen LogP contribution in [0.1, 0.15) is 23.6 Å². The minimum Gasteiger partial charge on any atom is -0.490 e. The summed E-state index contributed by atoms with van der Waals surface area (Å²) in [5.74, 6) is -0.124. The highest BCUT2D eigenvalue weighted by Crippen LogP contribution is 2.38. The van der Waals surface area contributed by atoms with E-state index in [1.54, 1.807) is 48.5 Å². The highest BCUT2D eigenvalue weighted by atomic mass is 79.9. The van der Waals surface area contributed by atoms with Gasteiger partial charge in [-0.05, 0) is 106 Å². The molecule has 1 aliphatic rings. The minimum atomic E-state index is -0.847. The summed E-state index contributed by atoms with van der Waals surface area (Å²) >= 11 is 12.9. The maximum absolute atomic E-state index is 13.5. The van der Waals surface area contributed by atoms with Gasteiger partial charge in [0, 0.05) is 9.50 Å². The quantitative estimate of drug-likeness (QED) is 0.131. The van der Waals surface area contributed by atoms with Crippen molar-refractivity contribution < 1.29 is 28.6 Å². The van der Waals surface area contributed by atoms with E-state index in [1.807, 2.05) is 43.3 Å². The van der Waals surface area contributed by atoms with Crippen LogP contribution in [0.4, 0.5) is 10.5 Å². The monoisotopic (exact) mass is 738 g/mol. The number of nitrogens with one attached hydrogen (secondary N) is 1. The molecule has 1 heterocycles. The fourth-order valence-electron chi connectivity index (χ4n) is 4.31. The van der Waals surface area contributed by atoms with Gasteiger partial charge in [-0.3, -0.25) is 14.9 Å². The van der Waals surface area contributed by atoms with E-state index in [-0.39, 0.29) is 11.3 Å². The lowest BCUT2D eigenvalue weighted by Crippen LogP contribution is -2.54. The number of barbiturate groups is 1. The molecule has 11 heteroatoms. The molecule has 1 fully saturated rings. The molecule has 8 nitrogen and oxygen atoms in total. The second-order valence-corrected chi connectivity index (χ2v) is 11.8. The number of ether oxygens (including phenoxy) is 3. The number of amides is 4. The first-order valence-electron chi connectivity index (χ1n) is 13.4. The number of carbonyl (C=O) groups excluding carboxylic acids is 3. The molecule has 0 bridgehead atoms. The number of hydrogen-bond acceptors (Lipinski definition) is 6. The van der Waals surface area contributed by atoms with Gasteiger partial charge < -0.3 is 14.2 Å². The van der Waals surface area contributed by atoms with Crippen LogP contribution in [0.5, 0.6) is 17.2 Å². The number of benzene rings is 4. The largest absolute Gasteiger partial charge is 0.490 e. The lowest BCUT2D eigenvalue weighted by Gasteiger charge is -2.26. The Morgan fingerprint density at radius 1 is 0.818 bits per heavy atom. The molecule has 1 aliphatic heterocycles. The van der Waals surface area contributed by atoms with Crippen LogP contribution in [0.2, 0.25) is 5.02 Å². The van der Waals surface area contributed by atoms with E-state index in [0.717, 1.165) is 20.5 Å². The molecule has 0 aliphatic carbocycles. The summed E-state index contributed by atoms with van der Waals surface area (Å²) in [6.07, 6.45) is 1.41. The van der Waals surface area contributed by atoms with Crippen molar-refractivity contribution in [1.29, 1.82) is 0 Å². The van der Waals surface area contributed by atoms with Crippen LogP contribution < -0.4 is 24.4 Å². The molecular formula is C33H25Br2ClN2O6. The number of anilines is 1. The Balaban J connectivity index is 1.35. The predicted octanol–water partition coefficient (Wildman–Crippen LogP) is 8.09. The van der Waals surface area contributed by atoms with E-state index < -0.39 is 17.8 Å². The summed E-state index contributed by atoms with van der Waals surface area (Å²) in [6.45, 7) is 2.82. The molecule has 0 aromatic heterocycles. The third-order valence-electron chi connectivity index (χ3n) is 6.45. The SMILES string of the molecule is CCOc1cc(/C=C2\C(=O)NC(=O)N(c3ccc(OCc4ccc(Cl)cc4)cc3)C2=O)cc(Br)c1OCc1ccc(Br)cc1. The fourth-order valence-corrected chi connectivity index (χ4v) is 5.27. The van der Waals surface area contributed by atoms with Gasteiger partial charge in [-0.2, -0.15) is 0 Å². The average molecular weight is 741 g/mol. The molecule has 0 radical (unpaired) electrons. The Morgan fingerprint density at radius 3 is 2.11 bits per heavy atom.